The van der Waals surface area contributed by atoms with Crippen LogP contribution in [0.3, 0.4) is 0 Å². The average molecular weight is 405 g/mol. The van der Waals surface area contributed by atoms with Crippen molar-refractivity contribution in [2.45, 2.75) is 13.5 Å². The summed E-state index contributed by atoms with van der Waals surface area (Å²) in [6.07, 6.45) is 3.09. The largest absolute Gasteiger partial charge is 0.493 e. The fraction of sp³-hybridized carbons (Fsp3) is 0.174. The smallest absolute Gasteiger partial charge is 0.276 e. The first-order chi connectivity index (χ1) is 14.5. The second-order valence-electron chi connectivity index (χ2n) is 6.62. The van der Waals surface area contributed by atoms with E-state index < -0.39 is 5.91 Å². The summed E-state index contributed by atoms with van der Waals surface area (Å²) in [6.45, 7) is 2.38. The number of hydrogen-bond donors (Lipinski definition) is 1. The van der Waals surface area contributed by atoms with Gasteiger partial charge in [0.2, 0.25) is 0 Å². The van der Waals surface area contributed by atoms with Gasteiger partial charge in [-0.25, -0.2) is 5.43 Å². The van der Waals surface area contributed by atoms with Crippen molar-refractivity contribution in [3.8, 4) is 11.5 Å². The van der Waals surface area contributed by atoms with Crippen molar-refractivity contribution in [3.63, 3.8) is 0 Å². The number of hydrazone groups is 1. The Morgan fingerprint density at radius 2 is 1.83 bits per heavy atom. The number of nitrogens with one attached hydrogen (secondary N) is 1. The molecule has 0 unspecified atom stereocenters. The Balaban J connectivity index is 1.76. The van der Waals surface area contributed by atoms with Gasteiger partial charge in [0.15, 0.2) is 11.5 Å². The molecule has 1 N–H and O–H groups in total. The van der Waals surface area contributed by atoms with E-state index in [-0.39, 0.29) is 11.1 Å². The molecule has 1 amide bonds. The molecule has 1 heterocycles. The van der Waals surface area contributed by atoms with Gasteiger partial charge >= 0.3 is 0 Å². The molecule has 2 aromatic carbocycles. The third-order valence-corrected chi connectivity index (χ3v) is 4.54. The Labute approximate surface area is 174 Å². The van der Waals surface area contributed by atoms with Gasteiger partial charge in [-0.15, -0.1) is 0 Å². The van der Waals surface area contributed by atoms with Gasteiger partial charge < -0.3 is 14.0 Å². The molecule has 0 saturated carbocycles. The third-order valence-electron chi connectivity index (χ3n) is 4.54. The number of rotatable bonds is 7. The van der Waals surface area contributed by atoms with Crippen LogP contribution in [0.5, 0.6) is 11.5 Å². The first kappa shape index (κ1) is 20.9. The number of amides is 1. The number of pyridine rings is 1. The molecular weight excluding hydrogens is 382 g/mol. The molecule has 7 nitrogen and oxygen atoms in total. The number of para-hydroxylation sites is 1. The number of hydrogen-bond acceptors (Lipinski definition) is 5. The molecule has 30 heavy (non-hydrogen) atoms. The zero-order chi connectivity index (χ0) is 21.5. The molecule has 0 saturated heterocycles. The standard InChI is InChI=1S/C23H23N3O4/c1-16-9-11-17(12-10-16)15-26-13-5-7-19(23(26)28)22(27)25-24-14-18-6-4-8-20(29-2)21(18)30-3/h4-14H,15H2,1-3H3,(H,25,27)/b24-14-. The molecule has 0 radical (unpaired) electrons. The first-order valence-corrected chi connectivity index (χ1v) is 9.33. The van der Waals surface area contributed by atoms with Gasteiger partial charge in [0.05, 0.1) is 27.0 Å². The average Bonchev–Trinajstić information content (AvgIpc) is 2.76. The number of nitrogens with zero attached hydrogens (tertiary/aromatic N) is 2. The third kappa shape index (κ3) is 4.75. The van der Waals surface area contributed by atoms with Crippen LogP contribution in [0.4, 0.5) is 0 Å². The van der Waals surface area contributed by atoms with Gasteiger partial charge in [-0.3, -0.25) is 9.59 Å². The highest BCUT2D eigenvalue weighted by Crippen LogP contribution is 2.29. The van der Waals surface area contributed by atoms with Crippen LogP contribution in [0.15, 0.2) is 70.7 Å². The van der Waals surface area contributed by atoms with Crippen molar-refractivity contribution in [1.29, 1.82) is 0 Å². The van der Waals surface area contributed by atoms with Crippen molar-refractivity contribution in [2.75, 3.05) is 14.2 Å². The lowest BCUT2D eigenvalue weighted by molar-refractivity contribution is 0.0953. The maximum Gasteiger partial charge on any atom is 0.276 e. The van der Waals surface area contributed by atoms with Crippen LogP contribution >= 0.6 is 0 Å². The van der Waals surface area contributed by atoms with Gasteiger partial charge in [-0.1, -0.05) is 35.9 Å². The van der Waals surface area contributed by atoms with E-state index in [2.05, 4.69) is 10.5 Å². The van der Waals surface area contributed by atoms with Gasteiger partial charge in [-0.2, -0.15) is 5.10 Å². The van der Waals surface area contributed by atoms with Crippen LogP contribution in [-0.4, -0.2) is 30.9 Å². The lowest BCUT2D eigenvalue weighted by atomic mass is 10.1. The number of carbonyl (C=O) groups is 1. The maximum atomic E-state index is 12.7. The van der Waals surface area contributed by atoms with E-state index in [1.807, 2.05) is 31.2 Å². The lowest BCUT2D eigenvalue weighted by Crippen LogP contribution is -2.30. The highest BCUT2D eigenvalue weighted by atomic mass is 16.5. The summed E-state index contributed by atoms with van der Waals surface area (Å²) in [5, 5.41) is 3.96. The SMILES string of the molecule is COc1cccc(/C=N\NC(=O)c2cccn(Cc3ccc(C)cc3)c2=O)c1OC. The van der Waals surface area contributed by atoms with Crippen LogP contribution in [-0.2, 0) is 6.54 Å². The fourth-order valence-electron chi connectivity index (χ4n) is 2.96. The van der Waals surface area contributed by atoms with E-state index in [1.54, 1.807) is 30.5 Å². The zero-order valence-corrected chi connectivity index (χ0v) is 17.1. The summed E-state index contributed by atoms with van der Waals surface area (Å²) in [6, 6.07) is 16.3. The summed E-state index contributed by atoms with van der Waals surface area (Å²) in [5.74, 6) is 0.462. The summed E-state index contributed by atoms with van der Waals surface area (Å²) >= 11 is 0. The highest BCUT2D eigenvalue weighted by molar-refractivity contribution is 5.94. The number of ether oxygens (including phenoxy) is 2. The Kier molecular flexibility index (Phi) is 6.64. The molecule has 3 aromatic rings. The number of aryl methyl sites for hydroxylation is 1. The molecule has 1 aromatic heterocycles. The van der Waals surface area contributed by atoms with Gasteiger partial charge in [0.1, 0.15) is 5.56 Å². The summed E-state index contributed by atoms with van der Waals surface area (Å²) in [7, 11) is 3.06. The van der Waals surface area contributed by atoms with Crippen molar-refractivity contribution in [2.24, 2.45) is 5.10 Å². The van der Waals surface area contributed by atoms with Crippen molar-refractivity contribution >= 4 is 12.1 Å². The number of carbonyl (C=O) groups excluding carboxylic acids is 1. The Bertz CT molecular complexity index is 1120. The Morgan fingerprint density at radius 3 is 2.53 bits per heavy atom. The summed E-state index contributed by atoms with van der Waals surface area (Å²) < 4.78 is 12.1. The molecule has 0 atom stereocenters. The summed E-state index contributed by atoms with van der Waals surface area (Å²) in [4.78, 5) is 25.2. The van der Waals surface area contributed by atoms with Gasteiger partial charge in [0, 0.05) is 11.8 Å². The predicted molar refractivity (Wildman–Crippen MR) is 116 cm³/mol. The predicted octanol–water partition coefficient (Wildman–Crippen LogP) is 2.99. The van der Waals surface area contributed by atoms with E-state index in [4.69, 9.17) is 9.47 Å². The quantitative estimate of drug-likeness (QED) is 0.484. The van der Waals surface area contributed by atoms with Crippen molar-refractivity contribution in [1.82, 2.24) is 9.99 Å². The van der Waals surface area contributed by atoms with E-state index in [0.717, 1.165) is 11.1 Å². The summed E-state index contributed by atoms with van der Waals surface area (Å²) in [5.41, 5.74) is 4.77. The molecule has 0 aliphatic carbocycles. The van der Waals surface area contributed by atoms with E-state index >= 15 is 0 Å². The second kappa shape index (κ2) is 9.56. The molecule has 0 bridgehead atoms. The molecule has 0 aliphatic rings. The topological polar surface area (TPSA) is 81.9 Å². The Hall–Kier alpha value is -3.87. The minimum absolute atomic E-state index is 0.0133. The van der Waals surface area contributed by atoms with E-state index in [1.165, 1.54) is 31.1 Å². The van der Waals surface area contributed by atoms with E-state index in [9.17, 15) is 9.59 Å². The zero-order valence-electron chi connectivity index (χ0n) is 17.1. The van der Waals surface area contributed by atoms with Crippen LogP contribution in [0.1, 0.15) is 27.0 Å². The minimum atomic E-state index is -0.587. The molecule has 154 valence electrons. The molecule has 0 spiro atoms. The fourth-order valence-corrected chi connectivity index (χ4v) is 2.96. The number of benzene rings is 2. The van der Waals surface area contributed by atoms with Gasteiger partial charge in [0.25, 0.3) is 11.5 Å². The molecule has 0 fully saturated rings. The lowest BCUT2D eigenvalue weighted by Gasteiger charge is -2.09. The monoisotopic (exact) mass is 405 g/mol. The van der Waals surface area contributed by atoms with E-state index in [0.29, 0.717) is 23.6 Å². The van der Waals surface area contributed by atoms with Crippen molar-refractivity contribution < 1.29 is 14.3 Å². The normalized spacial score (nSPS) is 10.8. The molecule has 3 rings (SSSR count). The second-order valence-corrected chi connectivity index (χ2v) is 6.62. The van der Waals surface area contributed by atoms with Crippen LogP contribution in [0.25, 0.3) is 0 Å². The number of aromatic nitrogens is 1. The van der Waals surface area contributed by atoms with Crippen LogP contribution in [0, 0.1) is 6.92 Å². The van der Waals surface area contributed by atoms with Gasteiger partial charge in [-0.05, 0) is 36.8 Å². The minimum Gasteiger partial charge on any atom is -0.493 e. The molecular formula is C23H23N3O4. The maximum absolute atomic E-state index is 12.7. The highest BCUT2D eigenvalue weighted by Gasteiger charge is 2.12. The van der Waals surface area contributed by atoms with Crippen LogP contribution in [0.2, 0.25) is 0 Å². The first-order valence-electron chi connectivity index (χ1n) is 9.33. The molecule has 0 aliphatic heterocycles. The Morgan fingerprint density at radius 1 is 1.07 bits per heavy atom. The van der Waals surface area contributed by atoms with Crippen LogP contribution < -0.4 is 20.5 Å². The number of methoxy groups -OCH3 is 2. The van der Waals surface area contributed by atoms with Crippen molar-refractivity contribution in [3.05, 3.63) is 93.4 Å². The molecule has 7 heteroatoms.